The van der Waals surface area contributed by atoms with Crippen LogP contribution in [0.25, 0.3) is 0 Å². The van der Waals surface area contributed by atoms with Gasteiger partial charge < -0.3 is 10.4 Å². The molecule has 0 bridgehead atoms. The quantitative estimate of drug-likeness (QED) is 0.819. The molecule has 2 N–H and O–H groups in total. The van der Waals surface area contributed by atoms with Crippen LogP contribution in [0.1, 0.15) is 58.3 Å². The molecule has 0 saturated heterocycles. The van der Waals surface area contributed by atoms with Gasteiger partial charge in [-0.1, -0.05) is 26.2 Å². The third-order valence-corrected chi connectivity index (χ3v) is 4.68. The lowest BCUT2D eigenvalue weighted by Crippen LogP contribution is -2.47. The maximum absolute atomic E-state index is 12.2. The summed E-state index contributed by atoms with van der Waals surface area (Å²) in [5.74, 6) is 0.341. The number of amides is 1. The van der Waals surface area contributed by atoms with E-state index in [0.717, 1.165) is 25.7 Å². The number of ketones is 1. The highest BCUT2D eigenvalue weighted by Gasteiger charge is 2.34. The van der Waals surface area contributed by atoms with Gasteiger partial charge in [-0.2, -0.15) is 0 Å². The molecule has 0 aromatic carbocycles. The molecule has 2 atom stereocenters. The number of carbonyl (C=O) groups is 2. The molecule has 0 radical (unpaired) electrons. The van der Waals surface area contributed by atoms with E-state index in [4.69, 9.17) is 0 Å². The Morgan fingerprint density at radius 1 is 1.37 bits per heavy atom. The van der Waals surface area contributed by atoms with E-state index in [1.165, 1.54) is 6.42 Å². The molecule has 2 fully saturated rings. The molecule has 4 heteroatoms. The first-order valence-corrected chi connectivity index (χ1v) is 7.52. The molecule has 4 nitrogen and oxygen atoms in total. The van der Waals surface area contributed by atoms with E-state index < -0.39 is 5.60 Å². The molecule has 2 aliphatic carbocycles. The largest absolute Gasteiger partial charge is 0.388 e. The number of nitrogens with one attached hydrogen (secondary N) is 1. The summed E-state index contributed by atoms with van der Waals surface area (Å²) in [6.07, 6.45) is 6.52. The first kappa shape index (κ1) is 14.5. The van der Waals surface area contributed by atoms with Crippen LogP contribution in [0, 0.1) is 11.8 Å². The summed E-state index contributed by atoms with van der Waals surface area (Å²) < 4.78 is 0. The van der Waals surface area contributed by atoms with Gasteiger partial charge in [-0.25, -0.2) is 0 Å². The van der Waals surface area contributed by atoms with Crippen LogP contribution in [0.5, 0.6) is 0 Å². The highest BCUT2D eigenvalue weighted by molar-refractivity contribution is 5.85. The predicted octanol–water partition coefficient (Wildman–Crippen LogP) is 1.80. The fraction of sp³-hybridized carbons (Fsp3) is 0.867. The molecule has 0 aromatic rings. The fourth-order valence-electron chi connectivity index (χ4n) is 3.36. The van der Waals surface area contributed by atoms with Crippen LogP contribution >= 0.6 is 0 Å². The van der Waals surface area contributed by atoms with Crippen molar-refractivity contribution < 1.29 is 14.7 Å². The number of aliphatic hydroxyl groups is 1. The molecular weight excluding hydrogens is 242 g/mol. The Morgan fingerprint density at radius 2 is 2.05 bits per heavy atom. The maximum atomic E-state index is 12.2. The van der Waals surface area contributed by atoms with Crippen LogP contribution in [0.2, 0.25) is 0 Å². The summed E-state index contributed by atoms with van der Waals surface area (Å²) in [4.78, 5) is 23.5. The second-order valence-corrected chi connectivity index (χ2v) is 6.37. The van der Waals surface area contributed by atoms with Crippen LogP contribution < -0.4 is 5.32 Å². The van der Waals surface area contributed by atoms with Crippen molar-refractivity contribution >= 4 is 11.7 Å². The van der Waals surface area contributed by atoms with Gasteiger partial charge in [-0.15, -0.1) is 0 Å². The van der Waals surface area contributed by atoms with E-state index in [0.29, 0.717) is 25.8 Å². The minimum absolute atomic E-state index is 0.0130. The van der Waals surface area contributed by atoms with Gasteiger partial charge >= 0.3 is 0 Å². The third-order valence-electron chi connectivity index (χ3n) is 4.68. The lowest BCUT2D eigenvalue weighted by Gasteiger charge is -2.33. The van der Waals surface area contributed by atoms with Gasteiger partial charge in [0.1, 0.15) is 5.78 Å². The first-order chi connectivity index (χ1) is 9.00. The minimum atomic E-state index is -0.707. The van der Waals surface area contributed by atoms with E-state index in [9.17, 15) is 14.7 Å². The molecule has 0 spiro atoms. The summed E-state index contributed by atoms with van der Waals surface area (Å²) in [7, 11) is 0. The molecule has 19 heavy (non-hydrogen) atoms. The summed E-state index contributed by atoms with van der Waals surface area (Å²) in [6, 6.07) is 0. The van der Waals surface area contributed by atoms with E-state index in [1.54, 1.807) is 0 Å². The molecule has 108 valence electrons. The topological polar surface area (TPSA) is 66.4 Å². The molecule has 0 aromatic heterocycles. The predicted molar refractivity (Wildman–Crippen MR) is 72.6 cm³/mol. The molecule has 2 unspecified atom stereocenters. The number of hydrogen-bond donors (Lipinski definition) is 2. The Hall–Kier alpha value is -0.900. The fourth-order valence-corrected chi connectivity index (χ4v) is 3.36. The van der Waals surface area contributed by atoms with E-state index in [2.05, 4.69) is 5.32 Å². The first-order valence-electron chi connectivity index (χ1n) is 7.52. The number of rotatable bonds is 3. The summed E-state index contributed by atoms with van der Waals surface area (Å²) in [5, 5.41) is 13.3. The highest BCUT2D eigenvalue weighted by Crippen LogP contribution is 2.29. The average molecular weight is 267 g/mol. The van der Waals surface area contributed by atoms with Crippen molar-refractivity contribution in [3.63, 3.8) is 0 Å². The zero-order valence-corrected chi connectivity index (χ0v) is 11.8. The summed E-state index contributed by atoms with van der Waals surface area (Å²) in [5.41, 5.74) is -0.707. The third kappa shape index (κ3) is 3.78. The Labute approximate surface area is 115 Å². The Bertz CT molecular complexity index is 347. The van der Waals surface area contributed by atoms with Crippen LogP contribution in [0.4, 0.5) is 0 Å². The standard InChI is InChI=1S/C15H25NO3/c1-11-9-12(17)5-6-13(11)14(18)16-10-15(19)7-3-2-4-8-15/h11,13,19H,2-10H2,1H3,(H,16,18). The van der Waals surface area contributed by atoms with Gasteiger partial charge in [0.2, 0.25) is 5.91 Å². The lowest BCUT2D eigenvalue weighted by molar-refractivity contribution is -0.132. The van der Waals surface area contributed by atoms with Gasteiger partial charge in [0.15, 0.2) is 0 Å². The zero-order valence-electron chi connectivity index (χ0n) is 11.8. The van der Waals surface area contributed by atoms with E-state index >= 15 is 0 Å². The molecular formula is C15H25NO3. The van der Waals surface area contributed by atoms with Crippen molar-refractivity contribution in [2.75, 3.05) is 6.54 Å². The zero-order chi connectivity index (χ0) is 13.9. The van der Waals surface area contributed by atoms with Crippen molar-refractivity contribution in [1.29, 1.82) is 0 Å². The number of carbonyl (C=O) groups excluding carboxylic acids is 2. The summed E-state index contributed by atoms with van der Waals surface area (Å²) >= 11 is 0. The monoisotopic (exact) mass is 267 g/mol. The van der Waals surface area contributed by atoms with Crippen LogP contribution in [0.15, 0.2) is 0 Å². The molecule has 2 saturated carbocycles. The Kier molecular flexibility index (Phi) is 4.61. The molecule has 1 amide bonds. The molecule has 2 aliphatic rings. The van der Waals surface area contributed by atoms with Gasteiger partial charge in [0, 0.05) is 25.3 Å². The van der Waals surface area contributed by atoms with Gasteiger partial charge in [-0.3, -0.25) is 9.59 Å². The Morgan fingerprint density at radius 3 is 2.68 bits per heavy atom. The van der Waals surface area contributed by atoms with Gasteiger partial charge in [0.05, 0.1) is 5.60 Å². The van der Waals surface area contributed by atoms with Crippen molar-refractivity contribution in [2.45, 2.75) is 63.9 Å². The average Bonchev–Trinajstić information content (AvgIpc) is 2.37. The molecule has 0 heterocycles. The van der Waals surface area contributed by atoms with Crippen molar-refractivity contribution in [1.82, 2.24) is 5.32 Å². The Balaban J connectivity index is 1.82. The van der Waals surface area contributed by atoms with Crippen LogP contribution in [0.3, 0.4) is 0 Å². The van der Waals surface area contributed by atoms with E-state index in [1.807, 2.05) is 6.92 Å². The second-order valence-electron chi connectivity index (χ2n) is 6.37. The van der Waals surface area contributed by atoms with Crippen molar-refractivity contribution in [3.05, 3.63) is 0 Å². The number of hydrogen-bond acceptors (Lipinski definition) is 3. The minimum Gasteiger partial charge on any atom is -0.388 e. The lowest BCUT2D eigenvalue weighted by atomic mass is 9.79. The van der Waals surface area contributed by atoms with Crippen LogP contribution in [-0.4, -0.2) is 28.9 Å². The smallest absolute Gasteiger partial charge is 0.223 e. The number of Topliss-reactive ketones (excluding diaryl/α,β-unsaturated/α-hetero) is 1. The molecule has 0 aliphatic heterocycles. The van der Waals surface area contributed by atoms with Crippen molar-refractivity contribution in [2.24, 2.45) is 11.8 Å². The normalized spacial score (nSPS) is 30.9. The van der Waals surface area contributed by atoms with Gasteiger partial charge in [0.25, 0.3) is 0 Å². The van der Waals surface area contributed by atoms with Crippen molar-refractivity contribution in [3.8, 4) is 0 Å². The SMILES string of the molecule is CC1CC(=O)CCC1C(=O)NCC1(O)CCCCC1. The summed E-state index contributed by atoms with van der Waals surface area (Å²) in [6.45, 7) is 2.33. The van der Waals surface area contributed by atoms with Gasteiger partial charge in [-0.05, 0) is 25.2 Å². The van der Waals surface area contributed by atoms with Crippen LogP contribution in [-0.2, 0) is 9.59 Å². The molecule has 2 rings (SSSR count). The highest BCUT2D eigenvalue weighted by atomic mass is 16.3. The maximum Gasteiger partial charge on any atom is 0.223 e. The second kappa shape index (κ2) is 6.04. The van der Waals surface area contributed by atoms with E-state index in [-0.39, 0.29) is 23.5 Å².